The minimum absolute atomic E-state index is 0.677. The van der Waals surface area contributed by atoms with Gasteiger partial charge in [-0.2, -0.15) is 11.8 Å². The van der Waals surface area contributed by atoms with Crippen LogP contribution in [0.1, 0.15) is 53.4 Å². The zero-order valence-corrected chi connectivity index (χ0v) is 13.5. The van der Waals surface area contributed by atoms with Gasteiger partial charge in [0.25, 0.3) is 0 Å². The summed E-state index contributed by atoms with van der Waals surface area (Å²) in [6, 6.07) is 0. The lowest BCUT2D eigenvalue weighted by Gasteiger charge is -2.36. The molecular weight excluding hydrogens is 236 g/mol. The van der Waals surface area contributed by atoms with E-state index < -0.39 is 0 Å². The minimum Gasteiger partial charge on any atom is -0.158 e. The van der Waals surface area contributed by atoms with Crippen LogP contribution in [-0.4, -0.2) is 11.0 Å². The van der Waals surface area contributed by atoms with Crippen LogP contribution in [0, 0.1) is 17.8 Å². The standard InChI is InChI=1S/C17H30S/c1-12(2)8-7-9-18-17-11-16(13(3)4)10-14(5)15(17)6/h12,15-17H,3,5,7-11H2,1-2,4,6H3. The Hall–Kier alpha value is -0.170. The van der Waals surface area contributed by atoms with Crippen LogP contribution in [0.2, 0.25) is 0 Å². The monoisotopic (exact) mass is 266 g/mol. The Morgan fingerprint density at radius 1 is 1.44 bits per heavy atom. The molecule has 1 aliphatic carbocycles. The second-order valence-electron chi connectivity index (χ2n) is 6.38. The molecule has 0 aromatic carbocycles. The van der Waals surface area contributed by atoms with E-state index in [2.05, 4.69) is 52.6 Å². The lowest BCUT2D eigenvalue weighted by atomic mass is 9.77. The van der Waals surface area contributed by atoms with Crippen LogP contribution >= 0.6 is 11.8 Å². The second-order valence-corrected chi connectivity index (χ2v) is 7.72. The highest BCUT2D eigenvalue weighted by atomic mass is 32.2. The van der Waals surface area contributed by atoms with Crippen LogP contribution in [0.25, 0.3) is 0 Å². The number of thioether (sulfide) groups is 1. The smallest absolute Gasteiger partial charge is 0.0116 e. The van der Waals surface area contributed by atoms with Gasteiger partial charge in [0.05, 0.1) is 0 Å². The molecular formula is C17H30S. The molecule has 0 aromatic heterocycles. The van der Waals surface area contributed by atoms with Crippen molar-refractivity contribution in [2.24, 2.45) is 17.8 Å². The molecule has 0 spiro atoms. The van der Waals surface area contributed by atoms with E-state index in [9.17, 15) is 0 Å². The summed E-state index contributed by atoms with van der Waals surface area (Å²) >= 11 is 2.17. The SMILES string of the molecule is C=C(C)C1CC(=C)C(C)C(SCCCC(C)C)C1. The Morgan fingerprint density at radius 2 is 2.11 bits per heavy atom. The fraction of sp³-hybridized carbons (Fsp3) is 0.765. The van der Waals surface area contributed by atoms with E-state index >= 15 is 0 Å². The number of rotatable bonds is 6. The van der Waals surface area contributed by atoms with Crippen LogP contribution < -0.4 is 0 Å². The summed E-state index contributed by atoms with van der Waals surface area (Å²) in [5.41, 5.74) is 2.78. The highest BCUT2D eigenvalue weighted by molar-refractivity contribution is 7.99. The molecule has 1 fully saturated rings. The van der Waals surface area contributed by atoms with E-state index in [-0.39, 0.29) is 0 Å². The quantitative estimate of drug-likeness (QED) is 0.439. The van der Waals surface area contributed by atoms with Crippen molar-refractivity contribution in [3.63, 3.8) is 0 Å². The summed E-state index contributed by atoms with van der Waals surface area (Å²) in [6.45, 7) is 17.6. The Balaban J connectivity index is 2.41. The van der Waals surface area contributed by atoms with Crippen molar-refractivity contribution in [1.82, 2.24) is 0 Å². The first-order valence-corrected chi connectivity index (χ1v) is 8.41. The van der Waals surface area contributed by atoms with E-state index in [1.165, 1.54) is 42.6 Å². The van der Waals surface area contributed by atoms with Gasteiger partial charge in [-0.05, 0) is 49.7 Å². The van der Waals surface area contributed by atoms with Gasteiger partial charge in [0, 0.05) is 5.25 Å². The lowest BCUT2D eigenvalue weighted by molar-refractivity contribution is 0.416. The summed E-state index contributed by atoms with van der Waals surface area (Å²) < 4.78 is 0. The Kier molecular flexibility index (Phi) is 6.55. The molecule has 18 heavy (non-hydrogen) atoms. The molecule has 3 unspecified atom stereocenters. The Labute approximate surface area is 118 Å². The third kappa shape index (κ3) is 4.84. The van der Waals surface area contributed by atoms with Gasteiger partial charge in [0.15, 0.2) is 0 Å². The predicted octanol–water partition coefficient (Wildman–Crippen LogP) is 5.70. The van der Waals surface area contributed by atoms with Gasteiger partial charge in [-0.15, -0.1) is 0 Å². The van der Waals surface area contributed by atoms with Gasteiger partial charge < -0.3 is 0 Å². The molecule has 104 valence electrons. The number of allylic oxidation sites excluding steroid dienone is 2. The van der Waals surface area contributed by atoms with Crippen molar-refractivity contribution >= 4 is 11.8 Å². The fourth-order valence-electron chi connectivity index (χ4n) is 2.65. The average molecular weight is 266 g/mol. The predicted molar refractivity (Wildman–Crippen MR) is 86.2 cm³/mol. The largest absolute Gasteiger partial charge is 0.158 e. The van der Waals surface area contributed by atoms with E-state index in [1.807, 2.05) is 0 Å². The van der Waals surface area contributed by atoms with Crippen LogP contribution in [0.4, 0.5) is 0 Å². The summed E-state index contributed by atoms with van der Waals surface area (Å²) in [5.74, 6) is 3.51. The van der Waals surface area contributed by atoms with E-state index in [0.29, 0.717) is 11.8 Å². The van der Waals surface area contributed by atoms with Gasteiger partial charge >= 0.3 is 0 Å². The summed E-state index contributed by atoms with van der Waals surface area (Å²) in [5, 5.41) is 0.764. The van der Waals surface area contributed by atoms with Crippen molar-refractivity contribution in [3.8, 4) is 0 Å². The molecule has 0 radical (unpaired) electrons. The van der Waals surface area contributed by atoms with Gasteiger partial charge in [-0.25, -0.2) is 0 Å². The van der Waals surface area contributed by atoms with E-state index in [4.69, 9.17) is 0 Å². The molecule has 1 rings (SSSR count). The molecule has 0 N–H and O–H groups in total. The van der Waals surface area contributed by atoms with Gasteiger partial charge in [0.2, 0.25) is 0 Å². The lowest BCUT2D eigenvalue weighted by Crippen LogP contribution is -2.27. The van der Waals surface area contributed by atoms with Crippen molar-refractivity contribution in [2.45, 2.75) is 58.6 Å². The van der Waals surface area contributed by atoms with Crippen LogP contribution in [-0.2, 0) is 0 Å². The molecule has 0 nitrogen and oxygen atoms in total. The highest BCUT2D eigenvalue weighted by Crippen LogP contribution is 2.41. The molecule has 0 aliphatic heterocycles. The summed E-state index contributed by atoms with van der Waals surface area (Å²) in [7, 11) is 0. The van der Waals surface area contributed by atoms with Crippen LogP contribution in [0.15, 0.2) is 24.3 Å². The molecule has 1 heteroatoms. The van der Waals surface area contributed by atoms with Crippen molar-refractivity contribution in [1.29, 1.82) is 0 Å². The normalized spacial score (nSPS) is 28.7. The molecule has 0 amide bonds. The minimum atomic E-state index is 0.677. The molecule has 0 bridgehead atoms. The molecule has 0 aromatic rings. The Morgan fingerprint density at radius 3 is 2.67 bits per heavy atom. The van der Waals surface area contributed by atoms with Crippen molar-refractivity contribution in [3.05, 3.63) is 24.3 Å². The van der Waals surface area contributed by atoms with Crippen molar-refractivity contribution in [2.75, 3.05) is 5.75 Å². The maximum absolute atomic E-state index is 4.28. The van der Waals surface area contributed by atoms with Crippen LogP contribution in [0.3, 0.4) is 0 Å². The maximum atomic E-state index is 4.28. The van der Waals surface area contributed by atoms with E-state index in [0.717, 1.165) is 11.2 Å². The Bertz CT molecular complexity index is 290. The van der Waals surface area contributed by atoms with E-state index in [1.54, 1.807) is 0 Å². The summed E-state index contributed by atoms with van der Waals surface area (Å²) in [6.07, 6.45) is 5.19. The van der Waals surface area contributed by atoms with Crippen molar-refractivity contribution < 1.29 is 0 Å². The van der Waals surface area contributed by atoms with Gasteiger partial charge in [0.1, 0.15) is 0 Å². The molecule has 1 saturated carbocycles. The summed E-state index contributed by atoms with van der Waals surface area (Å²) in [4.78, 5) is 0. The topological polar surface area (TPSA) is 0 Å². The molecule has 0 saturated heterocycles. The number of hydrogen-bond acceptors (Lipinski definition) is 1. The highest BCUT2D eigenvalue weighted by Gasteiger charge is 2.30. The molecule has 3 atom stereocenters. The van der Waals surface area contributed by atoms with Crippen LogP contribution in [0.5, 0.6) is 0 Å². The third-order valence-electron chi connectivity index (χ3n) is 4.18. The fourth-order valence-corrected chi connectivity index (χ4v) is 4.13. The molecule has 0 heterocycles. The average Bonchev–Trinajstić information content (AvgIpc) is 2.28. The zero-order valence-electron chi connectivity index (χ0n) is 12.7. The third-order valence-corrected chi connectivity index (χ3v) is 5.73. The number of hydrogen-bond donors (Lipinski definition) is 0. The maximum Gasteiger partial charge on any atom is 0.0116 e. The van der Waals surface area contributed by atoms with Gasteiger partial charge in [-0.1, -0.05) is 51.5 Å². The second kappa shape index (κ2) is 7.43. The first kappa shape index (κ1) is 15.9. The zero-order chi connectivity index (χ0) is 13.7. The molecule has 1 aliphatic rings. The first-order chi connectivity index (χ1) is 8.41. The van der Waals surface area contributed by atoms with Gasteiger partial charge in [-0.3, -0.25) is 0 Å². The first-order valence-electron chi connectivity index (χ1n) is 7.36.